The van der Waals surface area contributed by atoms with E-state index in [0.29, 0.717) is 0 Å². The van der Waals surface area contributed by atoms with E-state index in [1.807, 2.05) is 0 Å². The molecule has 0 aliphatic carbocycles. The quantitative estimate of drug-likeness (QED) is 0.765. The highest BCUT2D eigenvalue weighted by atomic mass is 19.3. The summed E-state index contributed by atoms with van der Waals surface area (Å²) < 4.78 is 34.8. The Bertz CT molecular complexity index is 498. The van der Waals surface area contributed by atoms with E-state index < -0.39 is 18.0 Å². The molecule has 96 valence electrons. The second kappa shape index (κ2) is 5.91. The fourth-order valence-corrected chi connectivity index (χ4v) is 1.41. The summed E-state index contributed by atoms with van der Waals surface area (Å²) in [7, 11) is 2.34. The number of pyridine rings is 1. The molecule has 1 heterocycles. The van der Waals surface area contributed by atoms with Crippen molar-refractivity contribution in [3.8, 4) is 11.9 Å². The Balaban J connectivity index is 3.34. The van der Waals surface area contributed by atoms with Gasteiger partial charge in [-0.2, -0.15) is 5.26 Å². The van der Waals surface area contributed by atoms with Gasteiger partial charge >= 0.3 is 5.97 Å². The highest BCUT2D eigenvalue weighted by Gasteiger charge is 2.24. The van der Waals surface area contributed by atoms with Crippen LogP contribution in [-0.4, -0.2) is 25.2 Å². The van der Waals surface area contributed by atoms with Crippen LogP contribution in [-0.2, 0) is 16.0 Å². The molecule has 5 nitrogen and oxygen atoms in total. The summed E-state index contributed by atoms with van der Waals surface area (Å²) in [6.07, 6.45) is -2.06. The topological polar surface area (TPSA) is 72.2 Å². The second-order valence-electron chi connectivity index (χ2n) is 3.25. The zero-order valence-corrected chi connectivity index (χ0v) is 9.74. The average molecular weight is 256 g/mol. The standard InChI is InChI=1S/C11H10F2N2O3/c1-17-8(16)3-6-5-15-11(18-2)9(10(12)13)7(6)4-14/h5,10H,3H2,1-2H3. The van der Waals surface area contributed by atoms with E-state index in [4.69, 9.17) is 5.26 Å². The van der Waals surface area contributed by atoms with Gasteiger partial charge in [-0.05, 0) is 0 Å². The van der Waals surface area contributed by atoms with Crippen LogP contribution in [0.4, 0.5) is 8.78 Å². The maximum Gasteiger partial charge on any atom is 0.310 e. The van der Waals surface area contributed by atoms with Crippen LogP contribution in [0.15, 0.2) is 6.20 Å². The Morgan fingerprint density at radius 2 is 2.22 bits per heavy atom. The van der Waals surface area contributed by atoms with Gasteiger partial charge in [0, 0.05) is 11.8 Å². The van der Waals surface area contributed by atoms with Crippen LogP contribution >= 0.6 is 0 Å². The van der Waals surface area contributed by atoms with Crippen molar-refractivity contribution >= 4 is 5.97 Å². The fraction of sp³-hybridized carbons (Fsp3) is 0.364. The summed E-state index contributed by atoms with van der Waals surface area (Å²) in [6, 6.07) is 1.64. The van der Waals surface area contributed by atoms with Gasteiger partial charge < -0.3 is 9.47 Å². The van der Waals surface area contributed by atoms with Crippen LogP contribution in [0.3, 0.4) is 0 Å². The number of carbonyl (C=O) groups is 1. The lowest BCUT2D eigenvalue weighted by atomic mass is 10.0. The van der Waals surface area contributed by atoms with Crippen LogP contribution in [0.2, 0.25) is 0 Å². The molecule has 0 spiro atoms. The van der Waals surface area contributed by atoms with Crippen molar-refractivity contribution in [3.63, 3.8) is 0 Å². The van der Waals surface area contributed by atoms with E-state index in [2.05, 4.69) is 14.5 Å². The predicted molar refractivity (Wildman–Crippen MR) is 56.2 cm³/mol. The van der Waals surface area contributed by atoms with Gasteiger partial charge in [0.2, 0.25) is 5.88 Å². The molecule has 0 aromatic carbocycles. The SMILES string of the molecule is COC(=O)Cc1cnc(OC)c(C(F)F)c1C#N. The number of carbonyl (C=O) groups excluding carboxylic acids is 1. The number of hydrogen-bond donors (Lipinski definition) is 0. The first-order valence-electron chi connectivity index (χ1n) is 4.86. The molecule has 1 aromatic heterocycles. The highest BCUT2D eigenvalue weighted by Crippen LogP contribution is 2.32. The van der Waals surface area contributed by atoms with E-state index in [-0.39, 0.29) is 23.4 Å². The molecule has 18 heavy (non-hydrogen) atoms. The van der Waals surface area contributed by atoms with Crippen molar-refractivity contribution in [2.24, 2.45) is 0 Å². The molecule has 1 aromatic rings. The molecule has 0 bridgehead atoms. The molecule has 0 fully saturated rings. The third kappa shape index (κ3) is 2.71. The third-order valence-corrected chi connectivity index (χ3v) is 2.24. The zero-order chi connectivity index (χ0) is 13.7. The van der Waals surface area contributed by atoms with Crippen LogP contribution in [0.25, 0.3) is 0 Å². The predicted octanol–water partition coefficient (Wildman–Crippen LogP) is 1.61. The number of alkyl halides is 2. The summed E-state index contributed by atoms with van der Waals surface area (Å²) >= 11 is 0. The Hall–Kier alpha value is -2.23. The van der Waals surface area contributed by atoms with Gasteiger partial charge in [0.15, 0.2) is 0 Å². The molecule has 0 aliphatic rings. The number of hydrogen-bond acceptors (Lipinski definition) is 5. The molecule has 0 saturated carbocycles. The van der Waals surface area contributed by atoms with Crippen LogP contribution in [0.5, 0.6) is 5.88 Å². The number of aromatic nitrogens is 1. The first-order valence-corrected chi connectivity index (χ1v) is 4.86. The molecule has 0 unspecified atom stereocenters. The van der Waals surface area contributed by atoms with Gasteiger partial charge in [0.25, 0.3) is 6.43 Å². The van der Waals surface area contributed by atoms with Gasteiger partial charge in [0.05, 0.1) is 31.8 Å². The van der Waals surface area contributed by atoms with E-state index in [1.54, 1.807) is 6.07 Å². The highest BCUT2D eigenvalue weighted by molar-refractivity contribution is 5.73. The minimum atomic E-state index is -2.92. The molecule has 0 saturated heterocycles. The van der Waals surface area contributed by atoms with Crippen LogP contribution in [0.1, 0.15) is 23.1 Å². The van der Waals surface area contributed by atoms with Crippen molar-refractivity contribution < 1.29 is 23.0 Å². The number of rotatable bonds is 4. The van der Waals surface area contributed by atoms with Crippen LogP contribution < -0.4 is 4.74 Å². The lowest BCUT2D eigenvalue weighted by Crippen LogP contribution is -2.09. The molecule has 0 amide bonds. The van der Waals surface area contributed by atoms with E-state index in [1.165, 1.54) is 14.2 Å². The summed E-state index contributed by atoms with van der Waals surface area (Å²) in [5, 5.41) is 8.93. The molecule has 7 heteroatoms. The first kappa shape index (κ1) is 13.8. The largest absolute Gasteiger partial charge is 0.481 e. The Morgan fingerprint density at radius 3 is 2.67 bits per heavy atom. The van der Waals surface area contributed by atoms with Gasteiger partial charge in [-0.15, -0.1) is 0 Å². The van der Waals surface area contributed by atoms with Gasteiger partial charge in [-0.1, -0.05) is 0 Å². The van der Waals surface area contributed by atoms with Crippen molar-refractivity contribution in [1.29, 1.82) is 5.26 Å². The molecular weight excluding hydrogens is 246 g/mol. The van der Waals surface area contributed by atoms with Crippen LogP contribution in [0, 0.1) is 11.3 Å². The second-order valence-corrected chi connectivity index (χ2v) is 3.25. The smallest absolute Gasteiger partial charge is 0.310 e. The normalized spacial score (nSPS) is 10.0. The van der Waals surface area contributed by atoms with Crippen molar-refractivity contribution in [2.45, 2.75) is 12.8 Å². The maximum atomic E-state index is 12.9. The minimum Gasteiger partial charge on any atom is -0.481 e. The monoisotopic (exact) mass is 256 g/mol. The molecule has 0 aliphatic heterocycles. The summed E-state index contributed by atoms with van der Waals surface area (Å²) in [4.78, 5) is 14.8. The number of ether oxygens (including phenoxy) is 2. The number of methoxy groups -OCH3 is 2. The Labute approximate surface area is 102 Å². The molecule has 0 N–H and O–H groups in total. The number of esters is 1. The van der Waals surface area contributed by atoms with Gasteiger partial charge in [-0.3, -0.25) is 4.79 Å². The first-order chi connectivity index (χ1) is 8.54. The Morgan fingerprint density at radius 1 is 1.56 bits per heavy atom. The third-order valence-electron chi connectivity index (χ3n) is 2.24. The van der Waals surface area contributed by atoms with Gasteiger partial charge in [0.1, 0.15) is 6.07 Å². The fourth-order valence-electron chi connectivity index (χ4n) is 1.41. The maximum absolute atomic E-state index is 12.9. The summed E-state index contributed by atoms with van der Waals surface area (Å²) in [6.45, 7) is 0. The van der Waals surface area contributed by atoms with E-state index >= 15 is 0 Å². The van der Waals surface area contributed by atoms with Crippen molar-refractivity contribution in [1.82, 2.24) is 4.98 Å². The van der Waals surface area contributed by atoms with Crippen molar-refractivity contribution in [2.75, 3.05) is 14.2 Å². The lowest BCUT2D eigenvalue weighted by Gasteiger charge is -2.11. The van der Waals surface area contributed by atoms with Crippen molar-refractivity contribution in [3.05, 3.63) is 22.9 Å². The number of nitriles is 1. The van der Waals surface area contributed by atoms with Gasteiger partial charge in [-0.25, -0.2) is 13.8 Å². The molecule has 0 radical (unpaired) electrons. The Kier molecular flexibility index (Phi) is 4.54. The summed E-state index contributed by atoms with van der Waals surface area (Å²) in [5.74, 6) is -0.964. The number of halogens is 2. The van der Waals surface area contributed by atoms with E-state index in [9.17, 15) is 13.6 Å². The molecule has 1 rings (SSSR count). The minimum absolute atomic E-state index is 0.0838. The lowest BCUT2D eigenvalue weighted by molar-refractivity contribution is -0.139. The zero-order valence-electron chi connectivity index (χ0n) is 9.74. The van der Waals surface area contributed by atoms with E-state index in [0.717, 1.165) is 6.20 Å². The number of nitrogens with zero attached hydrogens (tertiary/aromatic N) is 2. The molecule has 0 atom stereocenters. The average Bonchev–Trinajstić information content (AvgIpc) is 2.37. The summed E-state index contributed by atoms with van der Waals surface area (Å²) in [5.41, 5.74) is -0.830. The molecular formula is C11H10F2N2O3.